The molecule has 2 aliphatic rings. The highest BCUT2D eigenvalue weighted by Gasteiger charge is 2.47. The molecule has 1 saturated carbocycles. The van der Waals surface area contributed by atoms with Gasteiger partial charge in [-0.15, -0.1) is 0 Å². The van der Waals surface area contributed by atoms with E-state index >= 15 is 0 Å². The largest absolute Gasteiger partial charge is 0.493 e. The molecule has 1 saturated heterocycles. The summed E-state index contributed by atoms with van der Waals surface area (Å²) >= 11 is 0. The molecule has 6 heteroatoms. The number of amides is 1. The van der Waals surface area contributed by atoms with Crippen molar-refractivity contribution in [3.05, 3.63) is 23.8 Å². The first-order chi connectivity index (χ1) is 11.6. The predicted molar refractivity (Wildman–Crippen MR) is 87.5 cm³/mol. The summed E-state index contributed by atoms with van der Waals surface area (Å²) in [6.07, 6.45) is 4.60. The third-order valence-corrected chi connectivity index (χ3v) is 5.24. The number of methoxy groups -OCH3 is 2. The number of ether oxygens (including phenoxy) is 2. The van der Waals surface area contributed by atoms with Crippen molar-refractivity contribution < 1.29 is 24.2 Å². The number of fused-ring (bicyclic) bond motifs is 1. The Balaban J connectivity index is 1.93. The van der Waals surface area contributed by atoms with Crippen molar-refractivity contribution in [1.29, 1.82) is 0 Å². The standard InChI is InChI=1S/C18H23NO5/c1-23-15-8-7-12(10-16(15)24-2)17(20)19-13-6-4-3-5-11(13)9-14(19)18(21)22/h7-8,10-11,13-14H,3-6,9H2,1-2H3,(H,21,22). The number of carboxylic acids is 1. The lowest BCUT2D eigenvalue weighted by molar-refractivity contribution is -0.141. The molecule has 2 fully saturated rings. The molecule has 1 N–H and O–H groups in total. The van der Waals surface area contributed by atoms with Gasteiger partial charge in [-0.25, -0.2) is 4.79 Å². The lowest BCUT2D eigenvalue weighted by Crippen LogP contribution is -2.46. The van der Waals surface area contributed by atoms with Crippen LogP contribution in [0.4, 0.5) is 0 Å². The molecule has 1 heterocycles. The van der Waals surface area contributed by atoms with E-state index in [1.165, 1.54) is 14.2 Å². The van der Waals surface area contributed by atoms with E-state index in [0.717, 1.165) is 25.7 Å². The first kappa shape index (κ1) is 16.6. The minimum Gasteiger partial charge on any atom is -0.493 e. The second-order valence-electron chi connectivity index (χ2n) is 6.48. The summed E-state index contributed by atoms with van der Waals surface area (Å²) in [6, 6.07) is 4.25. The molecule has 1 aliphatic heterocycles. The highest BCUT2D eigenvalue weighted by atomic mass is 16.5. The van der Waals surface area contributed by atoms with Crippen LogP contribution in [0.3, 0.4) is 0 Å². The molecule has 3 unspecified atom stereocenters. The SMILES string of the molecule is COc1ccc(C(=O)N2C(C(=O)O)CC3CCCCC32)cc1OC. The van der Waals surface area contributed by atoms with Gasteiger partial charge in [0, 0.05) is 11.6 Å². The van der Waals surface area contributed by atoms with Gasteiger partial charge in [0.25, 0.3) is 5.91 Å². The maximum Gasteiger partial charge on any atom is 0.326 e. The van der Waals surface area contributed by atoms with Crippen molar-refractivity contribution in [2.24, 2.45) is 5.92 Å². The summed E-state index contributed by atoms with van der Waals surface area (Å²) in [5.74, 6) is 0.148. The van der Waals surface area contributed by atoms with E-state index in [-0.39, 0.29) is 11.9 Å². The second kappa shape index (κ2) is 6.71. The van der Waals surface area contributed by atoms with E-state index in [1.807, 2.05) is 0 Å². The van der Waals surface area contributed by atoms with Crippen molar-refractivity contribution in [3.63, 3.8) is 0 Å². The molecule has 1 aliphatic carbocycles. The Labute approximate surface area is 141 Å². The van der Waals surface area contributed by atoms with Crippen molar-refractivity contribution in [2.75, 3.05) is 14.2 Å². The smallest absolute Gasteiger partial charge is 0.326 e. The number of likely N-dealkylation sites (tertiary alicyclic amines) is 1. The zero-order chi connectivity index (χ0) is 17.3. The zero-order valence-corrected chi connectivity index (χ0v) is 14.0. The van der Waals surface area contributed by atoms with E-state index in [9.17, 15) is 14.7 Å². The maximum absolute atomic E-state index is 13.1. The van der Waals surface area contributed by atoms with Gasteiger partial charge in [0.2, 0.25) is 0 Å². The number of nitrogens with zero attached hydrogens (tertiary/aromatic N) is 1. The van der Waals surface area contributed by atoms with E-state index in [2.05, 4.69) is 0 Å². The van der Waals surface area contributed by atoms with Crippen LogP contribution in [-0.4, -0.2) is 48.2 Å². The fourth-order valence-corrected chi connectivity index (χ4v) is 4.09. The number of hydrogen-bond donors (Lipinski definition) is 1. The Morgan fingerprint density at radius 1 is 1.12 bits per heavy atom. The van der Waals surface area contributed by atoms with E-state index < -0.39 is 12.0 Å². The number of hydrogen-bond acceptors (Lipinski definition) is 4. The zero-order valence-electron chi connectivity index (χ0n) is 14.0. The summed E-state index contributed by atoms with van der Waals surface area (Å²) in [7, 11) is 3.05. The molecule has 0 aromatic heterocycles. The van der Waals surface area contributed by atoms with Crippen LogP contribution in [0.2, 0.25) is 0 Å². The highest BCUT2D eigenvalue weighted by molar-refractivity contribution is 5.97. The molecule has 0 spiro atoms. The summed E-state index contributed by atoms with van der Waals surface area (Å²) in [5.41, 5.74) is 0.435. The third kappa shape index (κ3) is 2.81. The second-order valence-corrected chi connectivity index (χ2v) is 6.48. The number of benzene rings is 1. The molecule has 0 bridgehead atoms. The van der Waals surface area contributed by atoms with E-state index in [0.29, 0.717) is 29.4 Å². The van der Waals surface area contributed by atoms with Crippen LogP contribution in [0.5, 0.6) is 11.5 Å². The van der Waals surface area contributed by atoms with Crippen LogP contribution < -0.4 is 9.47 Å². The Morgan fingerprint density at radius 3 is 2.50 bits per heavy atom. The number of carbonyl (C=O) groups excluding carboxylic acids is 1. The van der Waals surface area contributed by atoms with Gasteiger partial charge in [-0.05, 0) is 43.4 Å². The van der Waals surface area contributed by atoms with E-state index in [4.69, 9.17) is 9.47 Å². The lowest BCUT2D eigenvalue weighted by Gasteiger charge is -2.33. The minimum absolute atomic E-state index is 0.0282. The van der Waals surface area contributed by atoms with Crippen LogP contribution in [0.15, 0.2) is 18.2 Å². The molecule has 0 radical (unpaired) electrons. The molecule has 1 aromatic carbocycles. The molecule has 24 heavy (non-hydrogen) atoms. The molecule has 3 atom stereocenters. The van der Waals surface area contributed by atoms with Gasteiger partial charge < -0.3 is 19.5 Å². The first-order valence-electron chi connectivity index (χ1n) is 8.34. The minimum atomic E-state index is -0.918. The average molecular weight is 333 g/mol. The number of carbonyl (C=O) groups is 2. The summed E-state index contributed by atoms with van der Waals surface area (Å²) in [5, 5.41) is 9.57. The third-order valence-electron chi connectivity index (χ3n) is 5.24. The van der Waals surface area contributed by atoms with Gasteiger partial charge in [0.05, 0.1) is 14.2 Å². The summed E-state index contributed by atoms with van der Waals surface area (Å²) in [4.78, 5) is 26.3. The molecular formula is C18H23NO5. The first-order valence-corrected chi connectivity index (χ1v) is 8.34. The number of rotatable bonds is 4. The maximum atomic E-state index is 13.1. The Bertz CT molecular complexity index is 644. The van der Waals surface area contributed by atoms with Crippen LogP contribution >= 0.6 is 0 Å². The van der Waals surface area contributed by atoms with Crippen LogP contribution in [0, 0.1) is 5.92 Å². The van der Waals surface area contributed by atoms with E-state index in [1.54, 1.807) is 23.1 Å². The molecule has 130 valence electrons. The average Bonchev–Trinajstić information content (AvgIpc) is 3.00. The number of aliphatic carboxylic acids is 1. The molecule has 6 nitrogen and oxygen atoms in total. The van der Waals surface area contributed by atoms with Gasteiger partial charge in [0.1, 0.15) is 6.04 Å². The Kier molecular flexibility index (Phi) is 4.64. The molecule has 1 amide bonds. The monoisotopic (exact) mass is 333 g/mol. The Hall–Kier alpha value is -2.24. The fraction of sp³-hybridized carbons (Fsp3) is 0.556. The van der Waals surface area contributed by atoms with Crippen LogP contribution in [0.1, 0.15) is 42.5 Å². The molecular weight excluding hydrogens is 310 g/mol. The fourth-order valence-electron chi connectivity index (χ4n) is 4.09. The Morgan fingerprint density at radius 2 is 1.83 bits per heavy atom. The summed E-state index contributed by atoms with van der Waals surface area (Å²) in [6.45, 7) is 0. The van der Waals surface area contributed by atoms with Gasteiger partial charge in [-0.2, -0.15) is 0 Å². The van der Waals surface area contributed by atoms with Crippen molar-refractivity contribution in [3.8, 4) is 11.5 Å². The van der Waals surface area contributed by atoms with Crippen molar-refractivity contribution >= 4 is 11.9 Å². The molecule has 1 aromatic rings. The van der Waals surface area contributed by atoms with Gasteiger partial charge >= 0.3 is 5.97 Å². The molecule has 3 rings (SSSR count). The van der Waals surface area contributed by atoms with Crippen molar-refractivity contribution in [2.45, 2.75) is 44.2 Å². The highest BCUT2D eigenvalue weighted by Crippen LogP contribution is 2.41. The van der Waals surface area contributed by atoms with Crippen LogP contribution in [0.25, 0.3) is 0 Å². The number of carboxylic acid groups (broad SMARTS) is 1. The normalized spacial score (nSPS) is 25.9. The quantitative estimate of drug-likeness (QED) is 0.916. The van der Waals surface area contributed by atoms with Gasteiger partial charge in [-0.1, -0.05) is 12.8 Å². The lowest BCUT2D eigenvalue weighted by atomic mass is 9.84. The van der Waals surface area contributed by atoms with Crippen LogP contribution in [-0.2, 0) is 4.79 Å². The van der Waals surface area contributed by atoms with Gasteiger partial charge in [-0.3, -0.25) is 4.79 Å². The van der Waals surface area contributed by atoms with Crippen molar-refractivity contribution in [1.82, 2.24) is 4.90 Å². The van der Waals surface area contributed by atoms with Gasteiger partial charge in [0.15, 0.2) is 11.5 Å². The summed E-state index contributed by atoms with van der Waals surface area (Å²) < 4.78 is 10.5. The topological polar surface area (TPSA) is 76.1 Å². The predicted octanol–water partition coefficient (Wildman–Crippen LogP) is 2.56.